The first kappa shape index (κ1) is 15.5. The molecule has 0 unspecified atom stereocenters. The maximum atomic E-state index is 12.6. The molecule has 0 saturated heterocycles. The van der Waals surface area contributed by atoms with E-state index in [4.69, 9.17) is 0 Å². The van der Waals surface area contributed by atoms with Crippen LogP contribution in [-0.4, -0.2) is 20.4 Å². The maximum Gasteiger partial charge on any atom is 0.271 e. The summed E-state index contributed by atoms with van der Waals surface area (Å²) in [6, 6.07) is 13.3. The van der Waals surface area contributed by atoms with Crippen LogP contribution < -0.4 is 10.9 Å². The number of benzene rings is 1. The second-order valence-electron chi connectivity index (χ2n) is 5.58. The standard InChI is InChI=1S/C18H14N4O2S/c23-14(20-9-12-5-2-1-3-6-12)10-22-11-21-15-13-7-4-8-19-17(13)25-16(15)18(22)24/h1-8,11H,9-10H2,(H,20,23). The number of carbonyl (C=O) groups is 1. The van der Waals surface area contributed by atoms with E-state index in [2.05, 4.69) is 15.3 Å². The van der Waals surface area contributed by atoms with Gasteiger partial charge in [-0.15, -0.1) is 11.3 Å². The SMILES string of the molecule is O=C(Cn1cnc2c(sc3ncccc32)c1=O)NCc1ccccc1. The molecule has 1 N–H and O–H groups in total. The number of carbonyl (C=O) groups excluding carboxylic acids is 1. The summed E-state index contributed by atoms with van der Waals surface area (Å²) in [4.78, 5) is 34.2. The Morgan fingerprint density at radius 2 is 1.96 bits per heavy atom. The Morgan fingerprint density at radius 3 is 2.80 bits per heavy atom. The smallest absolute Gasteiger partial charge is 0.271 e. The summed E-state index contributed by atoms with van der Waals surface area (Å²) in [5.74, 6) is -0.230. The molecule has 1 aromatic carbocycles. The predicted molar refractivity (Wildman–Crippen MR) is 97.5 cm³/mol. The number of hydrogen-bond acceptors (Lipinski definition) is 5. The second-order valence-corrected chi connectivity index (χ2v) is 6.57. The molecule has 0 atom stereocenters. The first-order chi connectivity index (χ1) is 12.2. The van der Waals surface area contributed by atoms with Crippen molar-refractivity contribution in [1.82, 2.24) is 19.9 Å². The molecule has 0 radical (unpaired) electrons. The Bertz CT molecular complexity index is 1120. The van der Waals surface area contributed by atoms with Crippen LogP contribution in [0.25, 0.3) is 20.4 Å². The largest absolute Gasteiger partial charge is 0.350 e. The van der Waals surface area contributed by atoms with E-state index >= 15 is 0 Å². The molecule has 6 nitrogen and oxygen atoms in total. The number of hydrogen-bond donors (Lipinski definition) is 1. The normalized spacial score (nSPS) is 11.0. The van der Waals surface area contributed by atoms with E-state index in [1.165, 1.54) is 22.2 Å². The molecule has 25 heavy (non-hydrogen) atoms. The van der Waals surface area contributed by atoms with Gasteiger partial charge in [-0.25, -0.2) is 9.97 Å². The molecule has 1 amide bonds. The summed E-state index contributed by atoms with van der Waals surface area (Å²) < 4.78 is 1.85. The molecule has 4 rings (SSSR count). The minimum absolute atomic E-state index is 0.0592. The molecular formula is C18H14N4O2S. The van der Waals surface area contributed by atoms with E-state index in [1.807, 2.05) is 42.5 Å². The lowest BCUT2D eigenvalue weighted by atomic mass is 10.2. The fourth-order valence-corrected chi connectivity index (χ4v) is 3.67. The predicted octanol–water partition coefficient (Wildman–Crippen LogP) is 2.32. The summed E-state index contributed by atoms with van der Waals surface area (Å²) in [6.07, 6.45) is 3.11. The number of rotatable bonds is 4. The van der Waals surface area contributed by atoms with Crippen molar-refractivity contribution in [3.63, 3.8) is 0 Å². The van der Waals surface area contributed by atoms with E-state index in [9.17, 15) is 9.59 Å². The summed E-state index contributed by atoms with van der Waals surface area (Å²) >= 11 is 1.30. The van der Waals surface area contributed by atoms with Crippen LogP contribution in [0.1, 0.15) is 5.56 Å². The van der Waals surface area contributed by atoms with Gasteiger partial charge in [0.2, 0.25) is 5.91 Å². The molecule has 0 aliphatic rings. The molecule has 3 heterocycles. The fourth-order valence-electron chi connectivity index (χ4n) is 2.62. The van der Waals surface area contributed by atoms with E-state index in [1.54, 1.807) is 6.20 Å². The van der Waals surface area contributed by atoms with Crippen molar-refractivity contribution in [2.24, 2.45) is 0 Å². The van der Waals surface area contributed by atoms with Gasteiger partial charge in [-0.2, -0.15) is 0 Å². The van der Waals surface area contributed by atoms with Crippen LogP contribution in [0.3, 0.4) is 0 Å². The Morgan fingerprint density at radius 1 is 1.12 bits per heavy atom. The molecule has 0 fully saturated rings. The second kappa shape index (κ2) is 6.45. The minimum Gasteiger partial charge on any atom is -0.350 e. The van der Waals surface area contributed by atoms with Crippen molar-refractivity contribution >= 4 is 37.7 Å². The highest BCUT2D eigenvalue weighted by Crippen LogP contribution is 2.27. The Kier molecular flexibility index (Phi) is 3.99. The highest BCUT2D eigenvalue weighted by Gasteiger charge is 2.13. The quantitative estimate of drug-likeness (QED) is 0.613. The van der Waals surface area contributed by atoms with Crippen LogP contribution in [0, 0.1) is 0 Å². The van der Waals surface area contributed by atoms with Gasteiger partial charge < -0.3 is 5.32 Å². The highest BCUT2D eigenvalue weighted by atomic mass is 32.1. The molecule has 4 aromatic rings. The first-order valence-corrected chi connectivity index (χ1v) is 8.57. The molecule has 0 bridgehead atoms. The number of thiophene rings is 1. The third kappa shape index (κ3) is 3.01. The van der Waals surface area contributed by atoms with Gasteiger partial charge in [-0.1, -0.05) is 30.3 Å². The monoisotopic (exact) mass is 350 g/mol. The molecular weight excluding hydrogens is 336 g/mol. The zero-order chi connectivity index (χ0) is 17.2. The van der Waals surface area contributed by atoms with Gasteiger partial charge >= 0.3 is 0 Å². The lowest BCUT2D eigenvalue weighted by molar-refractivity contribution is -0.121. The molecule has 0 saturated carbocycles. The molecule has 0 aliphatic carbocycles. The van der Waals surface area contributed by atoms with Crippen LogP contribution in [0.5, 0.6) is 0 Å². The minimum atomic E-state index is -0.230. The van der Waals surface area contributed by atoms with Crippen molar-refractivity contribution in [2.45, 2.75) is 13.1 Å². The lowest BCUT2D eigenvalue weighted by Gasteiger charge is -2.07. The molecule has 0 spiro atoms. The lowest BCUT2D eigenvalue weighted by Crippen LogP contribution is -2.31. The topological polar surface area (TPSA) is 76.9 Å². The highest BCUT2D eigenvalue weighted by molar-refractivity contribution is 7.25. The third-order valence-corrected chi connectivity index (χ3v) is 4.96. The molecule has 3 aromatic heterocycles. The molecule has 0 aliphatic heterocycles. The van der Waals surface area contributed by atoms with Crippen molar-refractivity contribution in [3.8, 4) is 0 Å². The van der Waals surface area contributed by atoms with E-state index in [-0.39, 0.29) is 18.0 Å². The average Bonchev–Trinajstić information content (AvgIpc) is 3.03. The van der Waals surface area contributed by atoms with Crippen molar-refractivity contribution in [3.05, 3.63) is 70.9 Å². The fraction of sp³-hybridized carbons (Fsp3) is 0.111. The number of pyridine rings is 1. The summed E-state index contributed by atoms with van der Waals surface area (Å²) in [7, 11) is 0. The zero-order valence-electron chi connectivity index (χ0n) is 13.2. The van der Waals surface area contributed by atoms with Gasteiger partial charge in [0.25, 0.3) is 5.56 Å². The maximum absolute atomic E-state index is 12.6. The van der Waals surface area contributed by atoms with Crippen LogP contribution in [0.4, 0.5) is 0 Å². The number of nitrogens with zero attached hydrogens (tertiary/aromatic N) is 3. The summed E-state index contributed by atoms with van der Waals surface area (Å²) in [5, 5.41) is 3.68. The van der Waals surface area contributed by atoms with Gasteiger partial charge in [-0.3, -0.25) is 14.2 Å². The van der Waals surface area contributed by atoms with E-state index < -0.39 is 0 Å². The van der Waals surface area contributed by atoms with Crippen LogP contribution in [-0.2, 0) is 17.9 Å². The van der Waals surface area contributed by atoms with Gasteiger partial charge in [0, 0.05) is 18.1 Å². The van der Waals surface area contributed by atoms with Gasteiger partial charge in [0.15, 0.2) is 0 Å². The van der Waals surface area contributed by atoms with Crippen molar-refractivity contribution in [2.75, 3.05) is 0 Å². The molecule has 124 valence electrons. The average molecular weight is 350 g/mol. The summed E-state index contributed by atoms with van der Waals surface area (Å²) in [5.41, 5.74) is 1.43. The zero-order valence-corrected chi connectivity index (χ0v) is 14.0. The van der Waals surface area contributed by atoms with Crippen molar-refractivity contribution in [1.29, 1.82) is 0 Å². The Labute approximate surface area is 146 Å². The van der Waals surface area contributed by atoms with Crippen LogP contribution in [0.2, 0.25) is 0 Å². The van der Waals surface area contributed by atoms with Crippen molar-refractivity contribution < 1.29 is 4.79 Å². The first-order valence-electron chi connectivity index (χ1n) is 7.75. The summed E-state index contributed by atoms with van der Waals surface area (Å²) in [6.45, 7) is 0.368. The van der Waals surface area contributed by atoms with E-state index in [0.29, 0.717) is 16.8 Å². The van der Waals surface area contributed by atoms with E-state index in [0.717, 1.165) is 15.8 Å². The van der Waals surface area contributed by atoms with Gasteiger partial charge in [-0.05, 0) is 17.7 Å². The Balaban J connectivity index is 1.57. The number of aromatic nitrogens is 3. The van der Waals surface area contributed by atoms with Crippen LogP contribution in [0.15, 0.2) is 59.8 Å². The van der Waals surface area contributed by atoms with Gasteiger partial charge in [0.05, 0.1) is 11.8 Å². The third-order valence-electron chi connectivity index (χ3n) is 3.87. The van der Waals surface area contributed by atoms with Gasteiger partial charge in [0.1, 0.15) is 16.1 Å². The number of fused-ring (bicyclic) bond motifs is 3. The molecule has 7 heteroatoms. The number of amides is 1. The van der Waals surface area contributed by atoms with Crippen LogP contribution >= 0.6 is 11.3 Å². The number of nitrogens with one attached hydrogen (secondary N) is 1. The Hall–Kier alpha value is -3.06.